The van der Waals surface area contributed by atoms with Crippen LogP contribution in [0.25, 0.3) is 11.4 Å². The number of rotatable bonds is 3. The maximum absolute atomic E-state index is 12.5. The standard InChI is InChI=1S/C17H15ClN4O2/c1-9-8-10(2)19-15(14(9)16-20-11(3)24-22-16)21-17(23)12-4-6-13(18)7-5-12/h4-8H,1-3H3,(H,19,21,23). The van der Waals surface area contributed by atoms with Crippen molar-refractivity contribution in [2.24, 2.45) is 0 Å². The fourth-order valence-corrected chi connectivity index (χ4v) is 2.52. The van der Waals surface area contributed by atoms with E-state index < -0.39 is 0 Å². The van der Waals surface area contributed by atoms with E-state index in [-0.39, 0.29) is 5.91 Å². The van der Waals surface area contributed by atoms with Gasteiger partial charge < -0.3 is 9.84 Å². The number of aromatic nitrogens is 3. The largest absolute Gasteiger partial charge is 0.339 e. The molecule has 1 amide bonds. The van der Waals surface area contributed by atoms with Crippen LogP contribution in [0.3, 0.4) is 0 Å². The Morgan fingerprint density at radius 2 is 1.83 bits per heavy atom. The van der Waals surface area contributed by atoms with Crippen LogP contribution in [0.15, 0.2) is 34.9 Å². The average molecular weight is 343 g/mol. The van der Waals surface area contributed by atoms with Crippen LogP contribution in [0, 0.1) is 20.8 Å². The number of aryl methyl sites for hydroxylation is 3. The molecule has 0 aliphatic rings. The quantitative estimate of drug-likeness (QED) is 0.779. The highest BCUT2D eigenvalue weighted by Gasteiger charge is 2.18. The molecule has 0 unspecified atom stereocenters. The Morgan fingerprint density at radius 3 is 2.46 bits per heavy atom. The van der Waals surface area contributed by atoms with Gasteiger partial charge in [0.15, 0.2) is 0 Å². The molecule has 0 bridgehead atoms. The van der Waals surface area contributed by atoms with Gasteiger partial charge in [0.1, 0.15) is 5.82 Å². The van der Waals surface area contributed by atoms with Crippen molar-refractivity contribution in [1.82, 2.24) is 15.1 Å². The molecule has 3 rings (SSSR count). The lowest BCUT2D eigenvalue weighted by Gasteiger charge is -2.11. The Hall–Kier alpha value is -2.73. The molecule has 0 saturated carbocycles. The summed E-state index contributed by atoms with van der Waals surface area (Å²) >= 11 is 5.85. The van der Waals surface area contributed by atoms with Crippen LogP contribution >= 0.6 is 11.6 Å². The Morgan fingerprint density at radius 1 is 1.12 bits per heavy atom. The van der Waals surface area contributed by atoms with Crippen LogP contribution < -0.4 is 5.32 Å². The van der Waals surface area contributed by atoms with Gasteiger partial charge in [0.25, 0.3) is 5.91 Å². The van der Waals surface area contributed by atoms with Gasteiger partial charge >= 0.3 is 0 Å². The second-order valence-electron chi connectivity index (χ2n) is 5.40. The van der Waals surface area contributed by atoms with Crippen molar-refractivity contribution in [3.8, 4) is 11.4 Å². The van der Waals surface area contributed by atoms with Gasteiger partial charge in [-0.1, -0.05) is 16.8 Å². The highest BCUT2D eigenvalue weighted by atomic mass is 35.5. The number of anilines is 1. The number of carbonyl (C=O) groups is 1. The summed E-state index contributed by atoms with van der Waals surface area (Å²) in [5.74, 6) is 0.947. The first-order valence-corrected chi connectivity index (χ1v) is 7.67. The summed E-state index contributed by atoms with van der Waals surface area (Å²) in [6.07, 6.45) is 0. The first-order chi connectivity index (χ1) is 11.4. The number of nitrogens with zero attached hydrogens (tertiary/aromatic N) is 3. The number of carbonyl (C=O) groups excluding carboxylic acids is 1. The first-order valence-electron chi connectivity index (χ1n) is 7.30. The van der Waals surface area contributed by atoms with E-state index in [9.17, 15) is 4.79 Å². The third-order valence-corrected chi connectivity index (χ3v) is 3.69. The molecule has 24 heavy (non-hydrogen) atoms. The summed E-state index contributed by atoms with van der Waals surface area (Å²) in [5, 5.41) is 7.32. The van der Waals surface area contributed by atoms with Gasteiger partial charge in [-0.15, -0.1) is 0 Å². The fraction of sp³-hybridized carbons (Fsp3) is 0.176. The van der Waals surface area contributed by atoms with Crippen LogP contribution in [0.2, 0.25) is 5.02 Å². The molecular formula is C17H15ClN4O2. The molecule has 122 valence electrons. The minimum atomic E-state index is -0.286. The predicted molar refractivity (Wildman–Crippen MR) is 91.1 cm³/mol. The second-order valence-corrected chi connectivity index (χ2v) is 5.84. The summed E-state index contributed by atoms with van der Waals surface area (Å²) in [4.78, 5) is 21.1. The third-order valence-electron chi connectivity index (χ3n) is 3.43. The maximum atomic E-state index is 12.5. The minimum Gasteiger partial charge on any atom is -0.339 e. The molecule has 0 saturated heterocycles. The van der Waals surface area contributed by atoms with Crippen molar-refractivity contribution in [3.05, 3.63) is 58.1 Å². The van der Waals surface area contributed by atoms with Crippen LogP contribution in [-0.2, 0) is 0 Å². The molecule has 0 spiro atoms. The molecule has 0 fully saturated rings. The van der Waals surface area contributed by atoms with Crippen molar-refractivity contribution < 1.29 is 9.32 Å². The lowest BCUT2D eigenvalue weighted by atomic mass is 10.1. The minimum absolute atomic E-state index is 0.286. The molecule has 7 heteroatoms. The molecule has 1 aromatic carbocycles. The van der Waals surface area contributed by atoms with Crippen molar-refractivity contribution in [2.45, 2.75) is 20.8 Å². The Kier molecular flexibility index (Phi) is 4.31. The Labute approximate surface area is 143 Å². The van der Waals surface area contributed by atoms with Gasteiger partial charge in [0.2, 0.25) is 11.7 Å². The van der Waals surface area contributed by atoms with Crippen molar-refractivity contribution >= 4 is 23.3 Å². The number of nitrogens with one attached hydrogen (secondary N) is 1. The van der Waals surface area contributed by atoms with Crippen molar-refractivity contribution in [2.75, 3.05) is 5.32 Å². The molecule has 6 nitrogen and oxygen atoms in total. The Bertz CT molecular complexity index is 903. The SMILES string of the molecule is Cc1cc(C)c(-c2noc(C)n2)c(NC(=O)c2ccc(Cl)cc2)n1. The topological polar surface area (TPSA) is 80.9 Å². The van der Waals surface area contributed by atoms with Gasteiger partial charge in [-0.2, -0.15) is 4.98 Å². The number of amides is 1. The van der Waals surface area contributed by atoms with E-state index in [0.29, 0.717) is 33.7 Å². The highest BCUT2D eigenvalue weighted by molar-refractivity contribution is 6.30. The number of halogens is 1. The predicted octanol–water partition coefficient (Wildman–Crippen LogP) is 3.96. The smallest absolute Gasteiger partial charge is 0.256 e. The summed E-state index contributed by atoms with van der Waals surface area (Å²) in [6, 6.07) is 8.53. The molecule has 0 radical (unpaired) electrons. The van der Waals surface area contributed by atoms with Crippen LogP contribution in [0.1, 0.15) is 27.5 Å². The number of benzene rings is 1. The van der Waals surface area contributed by atoms with Gasteiger partial charge in [0.05, 0.1) is 5.56 Å². The van der Waals surface area contributed by atoms with E-state index in [0.717, 1.165) is 11.3 Å². The van der Waals surface area contributed by atoms with E-state index in [1.165, 1.54) is 0 Å². The normalized spacial score (nSPS) is 10.7. The van der Waals surface area contributed by atoms with Crippen LogP contribution in [0.4, 0.5) is 5.82 Å². The number of hydrogen-bond acceptors (Lipinski definition) is 5. The Balaban J connectivity index is 2.00. The lowest BCUT2D eigenvalue weighted by molar-refractivity contribution is 0.102. The van der Waals surface area contributed by atoms with E-state index in [1.54, 1.807) is 31.2 Å². The van der Waals surface area contributed by atoms with Gasteiger partial charge in [-0.25, -0.2) is 4.98 Å². The molecule has 2 heterocycles. The maximum Gasteiger partial charge on any atom is 0.256 e. The molecule has 1 N–H and O–H groups in total. The zero-order chi connectivity index (χ0) is 17.3. The summed E-state index contributed by atoms with van der Waals surface area (Å²) < 4.78 is 5.05. The zero-order valence-corrected chi connectivity index (χ0v) is 14.2. The van der Waals surface area contributed by atoms with E-state index in [2.05, 4.69) is 20.4 Å². The van der Waals surface area contributed by atoms with Crippen molar-refractivity contribution in [1.29, 1.82) is 0 Å². The van der Waals surface area contributed by atoms with E-state index in [1.807, 2.05) is 19.9 Å². The lowest BCUT2D eigenvalue weighted by Crippen LogP contribution is -2.14. The third kappa shape index (κ3) is 3.28. The molecule has 0 aliphatic carbocycles. The van der Waals surface area contributed by atoms with Crippen LogP contribution in [0.5, 0.6) is 0 Å². The first kappa shape index (κ1) is 16.1. The summed E-state index contributed by atoms with van der Waals surface area (Å²) in [7, 11) is 0. The van der Waals surface area contributed by atoms with E-state index >= 15 is 0 Å². The number of hydrogen-bond donors (Lipinski definition) is 1. The zero-order valence-electron chi connectivity index (χ0n) is 13.4. The summed E-state index contributed by atoms with van der Waals surface area (Å²) in [5.41, 5.74) is 2.80. The molecule has 3 aromatic rings. The fourth-order valence-electron chi connectivity index (χ4n) is 2.39. The van der Waals surface area contributed by atoms with Gasteiger partial charge in [-0.3, -0.25) is 4.79 Å². The van der Waals surface area contributed by atoms with Crippen molar-refractivity contribution in [3.63, 3.8) is 0 Å². The van der Waals surface area contributed by atoms with Crippen LogP contribution in [-0.4, -0.2) is 21.0 Å². The highest BCUT2D eigenvalue weighted by Crippen LogP contribution is 2.29. The molecular weight excluding hydrogens is 328 g/mol. The van der Waals surface area contributed by atoms with Gasteiger partial charge in [-0.05, 0) is 49.7 Å². The summed E-state index contributed by atoms with van der Waals surface area (Å²) in [6.45, 7) is 5.48. The number of pyridine rings is 1. The molecule has 2 aromatic heterocycles. The monoisotopic (exact) mass is 342 g/mol. The second kappa shape index (κ2) is 6.41. The van der Waals surface area contributed by atoms with E-state index in [4.69, 9.17) is 16.1 Å². The molecule has 0 atom stereocenters. The molecule has 0 aliphatic heterocycles. The van der Waals surface area contributed by atoms with Gasteiger partial charge in [0, 0.05) is 23.2 Å². The average Bonchev–Trinajstić information content (AvgIpc) is 2.93.